The Kier molecular flexibility index (Phi) is 9.63. The van der Waals surface area contributed by atoms with E-state index in [-0.39, 0.29) is 0 Å². The smallest absolute Gasteiger partial charge is 0.101 e. The number of benzene rings is 1. The molecule has 0 aliphatic heterocycles. The number of nitrogens with zero attached hydrogens (tertiary/aromatic N) is 4. The molecule has 2 heterocycles. The fourth-order valence-corrected chi connectivity index (χ4v) is 4.05. The number of pyridine rings is 2. The molecule has 0 fully saturated rings. The van der Waals surface area contributed by atoms with E-state index in [2.05, 4.69) is 70.0 Å². The molecule has 3 rings (SSSR count). The fraction of sp³-hybridized carbons (Fsp3) is 0.214. The monoisotopic (exact) mass is 467 g/mol. The first-order valence-corrected chi connectivity index (χ1v) is 12.2. The standard InChI is InChI=1S/C28H29N5S/c1-4-7-21(3)13-25(8-5-2)28-26(16-29)15-23(18-32-28)17-30-20-33-34-19-22-10-11-27-24(14-22)9-6-12-31-27/h5-15,18,20H,4,17,19H2,1-3H3,(H,30,33)/b8-5-,21-7+,25-13+. The molecule has 1 N–H and O–H groups in total. The molecule has 5 nitrogen and oxygen atoms in total. The lowest BCUT2D eigenvalue weighted by Gasteiger charge is -2.07. The molecule has 172 valence electrons. The molecule has 0 amide bonds. The maximum absolute atomic E-state index is 9.70. The predicted octanol–water partition coefficient (Wildman–Crippen LogP) is 6.78. The SMILES string of the molecule is C\C=C/C(=C\C(C)=C\CC)c1ncc(CN=CNSCc2ccc3ncccc3c2)cc1C#N. The van der Waals surface area contributed by atoms with Crippen LogP contribution in [0.4, 0.5) is 0 Å². The molecule has 3 aromatic rings. The first-order valence-electron chi connectivity index (χ1n) is 11.2. The minimum Gasteiger partial charge on any atom is -0.321 e. The average Bonchev–Trinajstić information content (AvgIpc) is 2.85. The molecular weight excluding hydrogens is 438 g/mol. The highest BCUT2D eigenvalue weighted by Gasteiger charge is 2.09. The molecule has 6 heteroatoms. The number of hydrogen-bond acceptors (Lipinski definition) is 5. The number of nitrogens with one attached hydrogen (secondary N) is 1. The van der Waals surface area contributed by atoms with E-state index in [9.17, 15) is 5.26 Å². The van der Waals surface area contributed by atoms with Crippen molar-refractivity contribution in [2.75, 3.05) is 0 Å². The lowest BCUT2D eigenvalue weighted by molar-refractivity contribution is 1.04. The highest BCUT2D eigenvalue weighted by atomic mass is 32.2. The van der Waals surface area contributed by atoms with Crippen molar-refractivity contribution in [3.8, 4) is 6.07 Å². The van der Waals surface area contributed by atoms with Crippen molar-refractivity contribution in [3.05, 3.63) is 101 Å². The van der Waals surface area contributed by atoms with E-state index in [1.54, 1.807) is 30.7 Å². The topological polar surface area (TPSA) is 74.0 Å². The zero-order chi connectivity index (χ0) is 24.2. The summed E-state index contributed by atoms with van der Waals surface area (Å²) in [5.41, 5.74) is 6.44. The number of nitriles is 1. The zero-order valence-corrected chi connectivity index (χ0v) is 20.6. The predicted molar refractivity (Wildman–Crippen MR) is 144 cm³/mol. The fourth-order valence-electron chi connectivity index (χ4n) is 3.48. The van der Waals surface area contributed by atoms with Crippen molar-refractivity contribution in [1.82, 2.24) is 14.7 Å². The maximum Gasteiger partial charge on any atom is 0.101 e. The largest absolute Gasteiger partial charge is 0.321 e. The molecule has 0 aliphatic rings. The van der Waals surface area contributed by atoms with Crippen LogP contribution >= 0.6 is 11.9 Å². The molecular formula is C28H29N5S. The highest BCUT2D eigenvalue weighted by molar-refractivity contribution is 7.97. The summed E-state index contributed by atoms with van der Waals surface area (Å²) in [6.07, 6.45) is 14.4. The zero-order valence-electron chi connectivity index (χ0n) is 19.8. The van der Waals surface area contributed by atoms with Gasteiger partial charge in [0.15, 0.2) is 0 Å². The molecule has 0 saturated heterocycles. The molecule has 0 radical (unpaired) electrons. The third-order valence-electron chi connectivity index (χ3n) is 5.00. The van der Waals surface area contributed by atoms with Crippen LogP contribution in [-0.2, 0) is 12.3 Å². The second kappa shape index (κ2) is 13.1. The van der Waals surface area contributed by atoms with E-state index in [1.165, 1.54) is 5.56 Å². The van der Waals surface area contributed by atoms with Gasteiger partial charge in [0, 0.05) is 29.1 Å². The third-order valence-corrected chi connectivity index (χ3v) is 5.75. The van der Waals surface area contributed by atoms with Crippen LogP contribution in [0.1, 0.15) is 49.6 Å². The van der Waals surface area contributed by atoms with Gasteiger partial charge in [-0.25, -0.2) is 0 Å². The number of allylic oxidation sites excluding steroid dienone is 6. The quantitative estimate of drug-likeness (QED) is 0.117. The minimum absolute atomic E-state index is 0.453. The Morgan fingerprint density at radius 3 is 2.88 bits per heavy atom. The van der Waals surface area contributed by atoms with Crippen LogP contribution in [0.25, 0.3) is 16.5 Å². The van der Waals surface area contributed by atoms with Gasteiger partial charge in [-0.3, -0.25) is 15.0 Å². The second-order valence-corrected chi connectivity index (χ2v) is 8.53. The summed E-state index contributed by atoms with van der Waals surface area (Å²) in [6, 6.07) is 14.5. The van der Waals surface area contributed by atoms with E-state index in [0.29, 0.717) is 17.8 Å². The normalized spacial score (nSPS) is 12.5. The lowest BCUT2D eigenvalue weighted by Crippen LogP contribution is -2.01. The van der Waals surface area contributed by atoms with E-state index in [0.717, 1.165) is 39.8 Å². The van der Waals surface area contributed by atoms with Crippen LogP contribution in [0.2, 0.25) is 0 Å². The Hall–Kier alpha value is -3.69. The summed E-state index contributed by atoms with van der Waals surface area (Å²) in [5.74, 6) is 0.817. The van der Waals surface area contributed by atoms with Gasteiger partial charge in [-0.05, 0) is 67.6 Å². The average molecular weight is 468 g/mol. The number of hydrogen-bond donors (Lipinski definition) is 1. The van der Waals surface area contributed by atoms with Gasteiger partial charge >= 0.3 is 0 Å². The van der Waals surface area contributed by atoms with Crippen molar-refractivity contribution in [1.29, 1.82) is 5.26 Å². The van der Waals surface area contributed by atoms with Crippen LogP contribution in [0.3, 0.4) is 0 Å². The molecule has 34 heavy (non-hydrogen) atoms. The summed E-state index contributed by atoms with van der Waals surface area (Å²) < 4.78 is 3.16. The van der Waals surface area contributed by atoms with Gasteiger partial charge in [0.2, 0.25) is 0 Å². The third kappa shape index (κ3) is 7.16. The van der Waals surface area contributed by atoms with Crippen LogP contribution in [0.15, 0.2) is 83.7 Å². The maximum atomic E-state index is 9.70. The van der Waals surface area contributed by atoms with Gasteiger partial charge in [0.1, 0.15) is 6.07 Å². The van der Waals surface area contributed by atoms with Crippen LogP contribution in [0, 0.1) is 11.3 Å². The van der Waals surface area contributed by atoms with Crippen LogP contribution < -0.4 is 4.72 Å². The summed E-state index contributed by atoms with van der Waals surface area (Å²) in [6.45, 7) is 6.58. The van der Waals surface area contributed by atoms with Gasteiger partial charge in [0.25, 0.3) is 0 Å². The van der Waals surface area contributed by atoms with Gasteiger partial charge in [0.05, 0.1) is 29.7 Å². The van der Waals surface area contributed by atoms with Crippen molar-refractivity contribution in [3.63, 3.8) is 0 Å². The number of fused-ring (bicyclic) bond motifs is 1. The molecule has 0 spiro atoms. The lowest BCUT2D eigenvalue weighted by atomic mass is 10.0. The van der Waals surface area contributed by atoms with Gasteiger partial charge in [-0.2, -0.15) is 5.26 Å². The minimum atomic E-state index is 0.453. The summed E-state index contributed by atoms with van der Waals surface area (Å²) in [7, 11) is 0. The van der Waals surface area contributed by atoms with Crippen molar-refractivity contribution in [2.24, 2.45) is 4.99 Å². The summed E-state index contributed by atoms with van der Waals surface area (Å²) in [4.78, 5) is 13.4. The van der Waals surface area contributed by atoms with Crippen molar-refractivity contribution in [2.45, 2.75) is 39.5 Å². The van der Waals surface area contributed by atoms with Crippen LogP contribution in [0.5, 0.6) is 0 Å². The molecule has 2 aromatic heterocycles. The van der Waals surface area contributed by atoms with E-state index < -0.39 is 0 Å². The molecule has 0 atom stereocenters. The van der Waals surface area contributed by atoms with E-state index in [4.69, 9.17) is 0 Å². The van der Waals surface area contributed by atoms with Crippen LogP contribution in [-0.4, -0.2) is 16.3 Å². The van der Waals surface area contributed by atoms with Crippen molar-refractivity contribution >= 4 is 34.8 Å². The molecule has 0 unspecified atom stereocenters. The Bertz CT molecular complexity index is 1280. The molecule has 0 bridgehead atoms. The van der Waals surface area contributed by atoms with E-state index >= 15 is 0 Å². The Morgan fingerprint density at radius 2 is 2.09 bits per heavy atom. The Morgan fingerprint density at radius 1 is 1.21 bits per heavy atom. The number of aliphatic imine (C=N–C) groups is 1. The number of rotatable bonds is 10. The Balaban J connectivity index is 1.59. The molecule has 1 aromatic carbocycles. The van der Waals surface area contributed by atoms with Crippen molar-refractivity contribution < 1.29 is 0 Å². The van der Waals surface area contributed by atoms with E-state index in [1.807, 2.05) is 37.3 Å². The first-order chi connectivity index (χ1) is 16.6. The molecule has 0 saturated carbocycles. The van der Waals surface area contributed by atoms with Gasteiger partial charge in [-0.15, -0.1) is 0 Å². The highest BCUT2D eigenvalue weighted by Crippen LogP contribution is 2.21. The first kappa shape index (κ1) is 24.9. The molecule has 0 aliphatic carbocycles. The number of aromatic nitrogens is 2. The Labute approximate surface area is 206 Å². The second-order valence-electron chi connectivity index (χ2n) is 7.71. The van der Waals surface area contributed by atoms with Gasteiger partial charge < -0.3 is 4.72 Å². The van der Waals surface area contributed by atoms with Gasteiger partial charge in [-0.1, -0.05) is 48.9 Å². The summed E-state index contributed by atoms with van der Waals surface area (Å²) >= 11 is 1.57. The summed E-state index contributed by atoms with van der Waals surface area (Å²) in [5, 5.41) is 10.8.